The Labute approximate surface area is 115 Å². The predicted octanol–water partition coefficient (Wildman–Crippen LogP) is 2.49. The number of benzene rings is 1. The molecule has 100 valence electrons. The number of pyridine rings is 1. The van der Waals surface area contributed by atoms with Crippen molar-refractivity contribution in [3.8, 4) is 11.4 Å². The van der Waals surface area contributed by atoms with Crippen LogP contribution in [0.3, 0.4) is 0 Å². The summed E-state index contributed by atoms with van der Waals surface area (Å²) in [6.07, 6.45) is 1.71. The largest absolute Gasteiger partial charge is 0.480 e. The Morgan fingerprint density at radius 1 is 1.25 bits per heavy atom. The van der Waals surface area contributed by atoms with E-state index in [-0.39, 0.29) is 6.54 Å². The highest BCUT2D eigenvalue weighted by Crippen LogP contribution is 2.26. The molecule has 0 spiro atoms. The van der Waals surface area contributed by atoms with Gasteiger partial charge in [-0.3, -0.25) is 9.78 Å². The van der Waals surface area contributed by atoms with Crippen molar-refractivity contribution < 1.29 is 9.90 Å². The first-order valence-corrected chi connectivity index (χ1v) is 6.26. The molecular formula is C15H13N3O2. The third-order valence-electron chi connectivity index (χ3n) is 3.20. The molecule has 0 fully saturated rings. The first kappa shape index (κ1) is 12.3. The Hall–Kier alpha value is -2.69. The number of para-hydroxylation sites is 2. The van der Waals surface area contributed by atoms with Crippen molar-refractivity contribution in [2.45, 2.75) is 13.5 Å². The minimum atomic E-state index is -0.893. The van der Waals surface area contributed by atoms with Crippen LogP contribution in [0.2, 0.25) is 0 Å². The lowest BCUT2D eigenvalue weighted by atomic mass is 10.2. The summed E-state index contributed by atoms with van der Waals surface area (Å²) >= 11 is 0. The predicted molar refractivity (Wildman–Crippen MR) is 75.3 cm³/mol. The highest BCUT2D eigenvalue weighted by Gasteiger charge is 2.16. The molecule has 0 amide bonds. The molecule has 0 bridgehead atoms. The van der Waals surface area contributed by atoms with E-state index in [1.54, 1.807) is 10.8 Å². The van der Waals surface area contributed by atoms with Gasteiger partial charge in [0.25, 0.3) is 0 Å². The fourth-order valence-electron chi connectivity index (χ4n) is 2.30. The van der Waals surface area contributed by atoms with Gasteiger partial charge in [0, 0.05) is 17.5 Å². The fraction of sp³-hybridized carbons (Fsp3) is 0.133. The van der Waals surface area contributed by atoms with Crippen LogP contribution in [0, 0.1) is 6.92 Å². The monoisotopic (exact) mass is 267 g/mol. The van der Waals surface area contributed by atoms with Crippen LogP contribution in [0.5, 0.6) is 0 Å². The molecule has 0 unspecified atom stereocenters. The number of nitrogens with zero attached hydrogens (tertiary/aromatic N) is 3. The Kier molecular flexibility index (Phi) is 2.95. The molecule has 2 aromatic heterocycles. The second-order valence-corrected chi connectivity index (χ2v) is 4.54. The van der Waals surface area contributed by atoms with Crippen molar-refractivity contribution in [2.24, 2.45) is 0 Å². The molecule has 20 heavy (non-hydrogen) atoms. The van der Waals surface area contributed by atoms with Gasteiger partial charge in [-0.05, 0) is 31.2 Å². The Morgan fingerprint density at radius 3 is 2.80 bits per heavy atom. The smallest absolute Gasteiger partial charge is 0.323 e. The zero-order valence-corrected chi connectivity index (χ0v) is 10.9. The molecule has 1 N–H and O–H groups in total. The lowest BCUT2D eigenvalue weighted by Gasteiger charge is -2.08. The maximum atomic E-state index is 11.1. The van der Waals surface area contributed by atoms with Crippen LogP contribution in [0.25, 0.3) is 22.4 Å². The summed E-state index contributed by atoms with van der Waals surface area (Å²) in [6, 6.07) is 11.3. The molecule has 3 rings (SSSR count). The van der Waals surface area contributed by atoms with Gasteiger partial charge in [-0.1, -0.05) is 12.1 Å². The summed E-state index contributed by atoms with van der Waals surface area (Å²) in [5.41, 5.74) is 3.28. The fourth-order valence-corrected chi connectivity index (χ4v) is 2.30. The van der Waals surface area contributed by atoms with Gasteiger partial charge < -0.3 is 9.67 Å². The maximum absolute atomic E-state index is 11.1. The zero-order valence-electron chi connectivity index (χ0n) is 10.9. The molecule has 0 aliphatic heterocycles. The maximum Gasteiger partial charge on any atom is 0.323 e. The number of rotatable bonds is 3. The van der Waals surface area contributed by atoms with Crippen LogP contribution >= 0.6 is 0 Å². The number of carbonyl (C=O) groups is 1. The number of fused-ring (bicyclic) bond motifs is 1. The van der Waals surface area contributed by atoms with E-state index in [9.17, 15) is 4.79 Å². The van der Waals surface area contributed by atoms with Gasteiger partial charge in [0.1, 0.15) is 12.4 Å². The van der Waals surface area contributed by atoms with Crippen molar-refractivity contribution >= 4 is 17.0 Å². The SMILES string of the molecule is Cc1ncccc1-c1nc2ccccc2n1CC(=O)O. The molecule has 5 nitrogen and oxygen atoms in total. The van der Waals surface area contributed by atoms with Crippen molar-refractivity contribution in [3.63, 3.8) is 0 Å². The summed E-state index contributed by atoms with van der Waals surface area (Å²) in [6.45, 7) is 1.77. The lowest BCUT2D eigenvalue weighted by molar-refractivity contribution is -0.137. The van der Waals surface area contributed by atoms with Crippen molar-refractivity contribution in [2.75, 3.05) is 0 Å². The number of carboxylic acids is 1. The number of carboxylic acid groups (broad SMARTS) is 1. The highest BCUT2D eigenvalue weighted by molar-refractivity contribution is 5.83. The van der Waals surface area contributed by atoms with E-state index in [2.05, 4.69) is 9.97 Å². The minimum Gasteiger partial charge on any atom is -0.480 e. The third kappa shape index (κ3) is 2.03. The van der Waals surface area contributed by atoms with Crippen LogP contribution in [-0.2, 0) is 11.3 Å². The highest BCUT2D eigenvalue weighted by atomic mass is 16.4. The molecular weight excluding hydrogens is 254 g/mol. The van der Waals surface area contributed by atoms with Gasteiger partial charge >= 0.3 is 5.97 Å². The summed E-state index contributed by atoms with van der Waals surface area (Å²) in [7, 11) is 0. The van der Waals surface area contributed by atoms with Crippen LogP contribution in [0.4, 0.5) is 0 Å². The molecule has 0 radical (unpaired) electrons. The number of aromatic nitrogens is 3. The first-order valence-electron chi connectivity index (χ1n) is 6.26. The number of hydrogen-bond donors (Lipinski definition) is 1. The molecule has 0 saturated heterocycles. The van der Waals surface area contributed by atoms with Crippen LogP contribution in [-0.4, -0.2) is 25.6 Å². The van der Waals surface area contributed by atoms with E-state index in [4.69, 9.17) is 5.11 Å². The number of hydrogen-bond acceptors (Lipinski definition) is 3. The zero-order chi connectivity index (χ0) is 14.1. The Bertz CT molecular complexity index is 793. The van der Waals surface area contributed by atoms with Crippen molar-refractivity contribution in [3.05, 3.63) is 48.3 Å². The van der Waals surface area contributed by atoms with Crippen LogP contribution < -0.4 is 0 Å². The van der Waals surface area contributed by atoms with E-state index >= 15 is 0 Å². The van der Waals surface area contributed by atoms with E-state index in [1.807, 2.05) is 43.3 Å². The number of aliphatic carboxylic acids is 1. The quantitative estimate of drug-likeness (QED) is 0.791. The van der Waals surface area contributed by atoms with Gasteiger partial charge in [-0.2, -0.15) is 0 Å². The molecule has 1 aromatic carbocycles. The summed E-state index contributed by atoms with van der Waals surface area (Å²) in [5, 5.41) is 9.12. The molecule has 3 aromatic rings. The standard InChI is InChI=1S/C15H13N3O2/c1-10-11(5-4-8-16-10)15-17-12-6-2-3-7-13(12)18(15)9-14(19)20/h2-8H,9H2,1H3,(H,19,20). The normalized spacial score (nSPS) is 10.8. The van der Waals surface area contributed by atoms with Gasteiger partial charge in [-0.25, -0.2) is 4.98 Å². The Morgan fingerprint density at radius 2 is 2.05 bits per heavy atom. The van der Waals surface area contributed by atoms with Gasteiger partial charge in [0.05, 0.1) is 11.0 Å². The second-order valence-electron chi connectivity index (χ2n) is 4.54. The van der Waals surface area contributed by atoms with Crippen LogP contribution in [0.15, 0.2) is 42.6 Å². The number of aryl methyl sites for hydroxylation is 1. The molecule has 0 aliphatic rings. The van der Waals surface area contributed by atoms with Crippen molar-refractivity contribution in [1.29, 1.82) is 0 Å². The Balaban J connectivity index is 2.29. The second kappa shape index (κ2) is 4.77. The topological polar surface area (TPSA) is 68.0 Å². The minimum absolute atomic E-state index is 0.121. The molecule has 5 heteroatoms. The summed E-state index contributed by atoms with van der Waals surface area (Å²) in [4.78, 5) is 19.9. The molecule has 2 heterocycles. The van der Waals surface area contributed by atoms with Crippen molar-refractivity contribution in [1.82, 2.24) is 14.5 Å². The molecule has 0 aliphatic carbocycles. The molecule has 0 saturated carbocycles. The van der Waals surface area contributed by atoms with Gasteiger partial charge in [0.15, 0.2) is 0 Å². The van der Waals surface area contributed by atoms with E-state index in [1.165, 1.54) is 0 Å². The first-order chi connectivity index (χ1) is 9.66. The molecule has 0 atom stereocenters. The number of imidazole rings is 1. The third-order valence-corrected chi connectivity index (χ3v) is 3.20. The summed E-state index contributed by atoms with van der Waals surface area (Å²) < 4.78 is 1.71. The van der Waals surface area contributed by atoms with Gasteiger partial charge in [0.2, 0.25) is 0 Å². The summed E-state index contributed by atoms with van der Waals surface area (Å²) in [5.74, 6) is -0.254. The van der Waals surface area contributed by atoms with E-state index < -0.39 is 5.97 Å². The van der Waals surface area contributed by atoms with Crippen LogP contribution in [0.1, 0.15) is 5.69 Å². The van der Waals surface area contributed by atoms with Gasteiger partial charge in [-0.15, -0.1) is 0 Å². The lowest BCUT2D eigenvalue weighted by Crippen LogP contribution is -2.10. The van der Waals surface area contributed by atoms with E-state index in [0.29, 0.717) is 5.82 Å². The van der Waals surface area contributed by atoms with E-state index in [0.717, 1.165) is 22.3 Å². The average molecular weight is 267 g/mol. The average Bonchev–Trinajstić information content (AvgIpc) is 2.78.